The average Bonchev–Trinajstić information content (AvgIpc) is 3.76. The second-order valence-electron chi connectivity index (χ2n) is 21.5. The normalized spacial score (nSPS) is 12.7. The first kappa shape index (κ1) is 42.3. The van der Waals surface area contributed by atoms with Crippen molar-refractivity contribution in [3.05, 3.63) is 155 Å². The lowest BCUT2D eigenvalue weighted by molar-refractivity contribution is 0.590. The molecule has 0 atom stereocenters. The van der Waals surface area contributed by atoms with Gasteiger partial charge in [0, 0.05) is 44.0 Å². The molecular formula is C58H56N6. The topological polar surface area (TPSA) is 83.2 Å². The van der Waals surface area contributed by atoms with Gasteiger partial charge in [-0.15, -0.1) is 0 Å². The highest BCUT2D eigenvalue weighted by atomic mass is 15.0. The summed E-state index contributed by atoms with van der Waals surface area (Å²) in [6, 6.07) is 48.3. The van der Waals surface area contributed by atoms with Crippen molar-refractivity contribution in [1.82, 2.24) is 19.1 Å². The van der Waals surface area contributed by atoms with Gasteiger partial charge in [-0.2, -0.15) is 10.5 Å². The van der Waals surface area contributed by atoms with E-state index >= 15 is 0 Å². The van der Waals surface area contributed by atoms with Gasteiger partial charge in [0.05, 0.1) is 33.5 Å². The Kier molecular flexibility index (Phi) is 9.77. The van der Waals surface area contributed by atoms with Crippen LogP contribution in [0.2, 0.25) is 0 Å². The maximum Gasteiger partial charge on any atom is 0.177 e. The maximum absolute atomic E-state index is 10.1. The van der Waals surface area contributed by atoms with Gasteiger partial charge in [0.2, 0.25) is 0 Å². The Balaban J connectivity index is 1.16. The Bertz CT molecular complexity index is 3030. The van der Waals surface area contributed by atoms with E-state index in [1.165, 1.54) is 43.8 Å². The molecule has 0 radical (unpaired) electrons. The minimum atomic E-state index is 0.00295. The molecule has 3 aromatic heterocycles. The molecule has 318 valence electrons. The quantitative estimate of drug-likeness (QED) is 0.177. The Morgan fingerprint density at radius 2 is 0.609 bits per heavy atom. The number of nitrogens with zero attached hydrogens (tertiary/aromatic N) is 6. The number of fused-ring (bicyclic) bond motifs is 6. The average molecular weight is 837 g/mol. The summed E-state index contributed by atoms with van der Waals surface area (Å²) in [6.07, 6.45) is 0. The number of hydrogen-bond donors (Lipinski definition) is 0. The molecule has 9 rings (SSSR count). The summed E-state index contributed by atoms with van der Waals surface area (Å²) in [6.45, 7) is 27.1. The molecule has 0 saturated heterocycles. The summed E-state index contributed by atoms with van der Waals surface area (Å²) in [5, 5.41) is 25.1. The standard InChI is InChI=1S/C58H56N6/c1-55(2,3)37-17-25-49-43(29-37)44-30-38(56(4,5)6)18-26-50(44)63(49)41-21-13-35(14-22-41)53-54(62-48(34-60)47(33-59)61-53)36-15-23-42(24-16-36)64-51-27-19-39(57(7,8)9)31-45(51)46-32-40(58(10,11)12)20-28-52(46)64/h13-32H,1-12H3. The SMILES string of the molecule is CC(C)(C)c1ccc2c(c1)c1cc(C(C)(C)C)ccc1n2-c1ccc(-c2nc(C#N)c(C#N)nc2-c2ccc(-n3c4ccc(C(C)(C)C)cc4c4cc(C(C)(C)C)ccc43)cc2)cc1. The number of benzene rings is 6. The summed E-state index contributed by atoms with van der Waals surface area (Å²) < 4.78 is 4.67. The smallest absolute Gasteiger partial charge is 0.177 e. The summed E-state index contributed by atoms with van der Waals surface area (Å²) >= 11 is 0. The van der Waals surface area contributed by atoms with Gasteiger partial charge < -0.3 is 9.13 Å². The molecule has 64 heavy (non-hydrogen) atoms. The predicted molar refractivity (Wildman–Crippen MR) is 266 cm³/mol. The summed E-state index contributed by atoms with van der Waals surface area (Å²) in [5.41, 5.74) is 14.5. The zero-order valence-electron chi connectivity index (χ0n) is 39.2. The summed E-state index contributed by atoms with van der Waals surface area (Å²) in [5.74, 6) is 0. The van der Waals surface area contributed by atoms with E-state index in [0.717, 1.165) is 44.6 Å². The molecule has 0 bridgehead atoms. The molecule has 6 heteroatoms. The van der Waals surface area contributed by atoms with Crippen LogP contribution in [0.4, 0.5) is 0 Å². The van der Waals surface area contributed by atoms with Crippen LogP contribution >= 0.6 is 0 Å². The van der Waals surface area contributed by atoms with Crippen LogP contribution < -0.4 is 0 Å². The van der Waals surface area contributed by atoms with Gasteiger partial charge in [-0.05, 0) is 117 Å². The summed E-state index contributed by atoms with van der Waals surface area (Å²) in [7, 11) is 0. The fraction of sp³-hybridized carbons (Fsp3) is 0.276. The molecule has 0 N–H and O–H groups in total. The number of nitriles is 2. The maximum atomic E-state index is 10.1. The van der Waals surface area contributed by atoms with Crippen molar-refractivity contribution in [3.8, 4) is 46.0 Å². The van der Waals surface area contributed by atoms with Crippen LogP contribution in [0.3, 0.4) is 0 Å². The van der Waals surface area contributed by atoms with Gasteiger partial charge in [-0.1, -0.05) is 132 Å². The third-order valence-electron chi connectivity index (χ3n) is 12.9. The van der Waals surface area contributed by atoms with E-state index in [1.54, 1.807) is 0 Å². The van der Waals surface area contributed by atoms with Crippen molar-refractivity contribution in [2.45, 2.75) is 105 Å². The zero-order chi connectivity index (χ0) is 45.7. The van der Waals surface area contributed by atoms with Gasteiger partial charge in [0.1, 0.15) is 12.1 Å². The number of aromatic nitrogens is 4. The van der Waals surface area contributed by atoms with E-state index in [2.05, 4.69) is 201 Å². The lowest BCUT2D eigenvalue weighted by atomic mass is 9.85. The summed E-state index contributed by atoms with van der Waals surface area (Å²) in [4.78, 5) is 9.64. The highest BCUT2D eigenvalue weighted by Gasteiger charge is 2.24. The van der Waals surface area contributed by atoms with Crippen molar-refractivity contribution in [1.29, 1.82) is 10.5 Å². The minimum absolute atomic E-state index is 0.00295. The zero-order valence-corrected chi connectivity index (χ0v) is 39.2. The monoisotopic (exact) mass is 836 g/mol. The van der Waals surface area contributed by atoms with Crippen molar-refractivity contribution in [2.75, 3.05) is 0 Å². The van der Waals surface area contributed by atoms with Crippen molar-refractivity contribution >= 4 is 43.6 Å². The van der Waals surface area contributed by atoms with Crippen LogP contribution in [0.15, 0.2) is 121 Å². The van der Waals surface area contributed by atoms with Gasteiger partial charge in [-0.3, -0.25) is 0 Å². The molecule has 0 aliphatic rings. The third-order valence-corrected chi connectivity index (χ3v) is 12.9. The van der Waals surface area contributed by atoms with Gasteiger partial charge >= 0.3 is 0 Å². The van der Waals surface area contributed by atoms with E-state index in [4.69, 9.17) is 9.97 Å². The van der Waals surface area contributed by atoms with Crippen molar-refractivity contribution in [3.63, 3.8) is 0 Å². The van der Waals surface area contributed by atoms with Crippen LogP contribution in [-0.4, -0.2) is 19.1 Å². The fourth-order valence-electron chi connectivity index (χ4n) is 9.00. The van der Waals surface area contributed by atoms with Crippen LogP contribution in [0.25, 0.3) is 77.5 Å². The first-order valence-electron chi connectivity index (χ1n) is 22.3. The highest BCUT2D eigenvalue weighted by molar-refractivity contribution is 6.11. The molecule has 0 spiro atoms. The lowest BCUT2D eigenvalue weighted by Gasteiger charge is -2.19. The van der Waals surface area contributed by atoms with Crippen LogP contribution in [0.5, 0.6) is 0 Å². The second kappa shape index (κ2) is 14.8. The lowest BCUT2D eigenvalue weighted by Crippen LogP contribution is -2.10. The molecule has 9 aromatic rings. The first-order valence-corrected chi connectivity index (χ1v) is 22.3. The van der Waals surface area contributed by atoms with Crippen molar-refractivity contribution < 1.29 is 0 Å². The first-order chi connectivity index (χ1) is 30.1. The molecule has 0 saturated carbocycles. The molecule has 0 aliphatic carbocycles. The molecule has 0 amide bonds. The van der Waals surface area contributed by atoms with E-state index in [1.807, 2.05) is 24.3 Å². The Hall–Kier alpha value is -7.02. The fourth-order valence-corrected chi connectivity index (χ4v) is 9.00. The van der Waals surface area contributed by atoms with Crippen LogP contribution in [-0.2, 0) is 21.7 Å². The second-order valence-corrected chi connectivity index (χ2v) is 21.5. The molecule has 6 nitrogen and oxygen atoms in total. The van der Waals surface area contributed by atoms with Gasteiger partial charge in [0.15, 0.2) is 11.4 Å². The molecule has 0 aliphatic heterocycles. The van der Waals surface area contributed by atoms with Gasteiger partial charge in [0.25, 0.3) is 0 Å². The molecule has 3 heterocycles. The van der Waals surface area contributed by atoms with E-state index in [-0.39, 0.29) is 33.0 Å². The number of rotatable bonds is 4. The van der Waals surface area contributed by atoms with E-state index in [9.17, 15) is 10.5 Å². The van der Waals surface area contributed by atoms with Gasteiger partial charge in [-0.25, -0.2) is 9.97 Å². The van der Waals surface area contributed by atoms with E-state index in [0.29, 0.717) is 11.4 Å². The molecule has 6 aromatic carbocycles. The Morgan fingerprint density at radius 1 is 0.359 bits per heavy atom. The number of hydrogen-bond acceptors (Lipinski definition) is 4. The van der Waals surface area contributed by atoms with Crippen LogP contribution in [0, 0.1) is 22.7 Å². The minimum Gasteiger partial charge on any atom is -0.309 e. The van der Waals surface area contributed by atoms with Crippen molar-refractivity contribution in [2.24, 2.45) is 0 Å². The largest absolute Gasteiger partial charge is 0.309 e. The molecule has 0 unspecified atom stereocenters. The predicted octanol–water partition coefficient (Wildman–Crippen LogP) is 14.9. The molecule has 0 fully saturated rings. The Morgan fingerprint density at radius 3 is 0.828 bits per heavy atom. The molecular weight excluding hydrogens is 781 g/mol. The third kappa shape index (κ3) is 7.22. The highest BCUT2D eigenvalue weighted by Crippen LogP contribution is 2.41. The Labute approximate surface area is 377 Å². The van der Waals surface area contributed by atoms with Crippen LogP contribution in [0.1, 0.15) is 117 Å². The van der Waals surface area contributed by atoms with E-state index < -0.39 is 0 Å².